The van der Waals surface area contributed by atoms with Crippen molar-refractivity contribution >= 4 is 43.8 Å². The molecule has 0 atom stereocenters. The van der Waals surface area contributed by atoms with E-state index in [1.54, 1.807) is 30.3 Å². The van der Waals surface area contributed by atoms with Crippen molar-refractivity contribution in [2.75, 3.05) is 16.9 Å². The number of aromatic nitrogens is 2. The molecule has 5 N–H and O–H groups in total. The highest BCUT2D eigenvalue weighted by molar-refractivity contribution is 7.89. The summed E-state index contributed by atoms with van der Waals surface area (Å²) in [6.07, 6.45) is 4.52. The Morgan fingerprint density at radius 2 is 1.91 bits per heavy atom. The zero-order valence-corrected chi connectivity index (χ0v) is 18.2. The molecule has 1 amide bonds. The molecule has 0 bridgehead atoms. The summed E-state index contributed by atoms with van der Waals surface area (Å²) in [6, 6.07) is 16.8. The topological polar surface area (TPSA) is 130 Å². The highest BCUT2D eigenvalue weighted by Gasteiger charge is 2.12. The van der Waals surface area contributed by atoms with Gasteiger partial charge in [0.05, 0.1) is 17.0 Å². The van der Waals surface area contributed by atoms with E-state index in [0.29, 0.717) is 29.2 Å². The van der Waals surface area contributed by atoms with E-state index in [9.17, 15) is 13.2 Å². The van der Waals surface area contributed by atoms with Crippen molar-refractivity contribution in [3.05, 3.63) is 83.7 Å². The Labute approximate surface area is 185 Å². The van der Waals surface area contributed by atoms with Crippen LogP contribution in [-0.2, 0) is 22.1 Å². The van der Waals surface area contributed by atoms with Crippen LogP contribution in [0.1, 0.15) is 21.5 Å². The number of primary amides is 1. The maximum Gasteiger partial charge on any atom is 0.252 e. The Hall–Kier alpha value is -3.85. The third-order valence-electron chi connectivity index (χ3n) is 4.98. The van der Waals surface area contributed by atoms with E-state index in [1.807, 2.05) is 30.5 Å². The predicted molar refractivity (Wildman–Crippen MR) is 127 cm³/mol. The van der Waals surface area contributed by atoms with E-state index < -0.39 is 15.7 Å². The Kier molecular flexibility index (Phi) is 5.83. The summed E-state index contributed by atoms with van der Waals surface area (Å²) in [7, 11) is -3.09. The van der Waals surface area contributed by atoms with Crippen molar-refractivity contribution < 1.29 is 13.2 Å². The van der Waals surface area contributed by atoms with Gasteiger partial charge in [0.1, 0.15) is 5.82 Å². The number of fused-ring (bicyclic) bond motifs is 1. The summed E-state index contributed by atoms with van der Waals surface area (Å²) in [5.41, 5.74) is 9.95. The lowest BCUT2D eigenvalue weighted by Gasteiger charge is -2.13. The first-order chi connectivity index (χ1) is 15.3. The average molecular weight is 450 g/mol. The van der Waals surface area contributed by atoms with Gasteiger partial charge in [0.15, 0.2) is 9.84 Å². The van der Waals surface area contributed by atoms with Crippen LogP contribution in [0.3, 0.4) is 0 Å². The minimum atomic E-state index is -3.09. The van der Waals surface area contributed by atoms with Gasteiger partial charge in [-0.25, -0.2) is 13.4 Å². The van der Waals surface area contributed by atoms with Crippen molar-refractivity contribution in [3.63, 3.8) is 0 Å². The second-order valence-electron chi connectivity index (χ2n) is 7.58. The molecule has 0 fully saturated rings. The Bertz CT molecular complexity index is 1380. The van der Waals surface area contributed by atoms with Crippen LogP contribution < -0.4 is 16.4 Å². The Morgan fingerprint density at radius 3 is 2.62 bits per heavy atom. The maximum atomic E-state index is 11.9. The zero-order chi connectivity index (χ0) is 22.7. The number of sulfone groups is 1. The standard InChI is InChI=1S/C23H23N5O3S/c1-32(30,31)14-15-5-7-17(8-6-15)28-22-11-21(19(13-27-22)23(24)29)26-12-16-3-2-4-20-18(16)9-10-25-20/h2-11,13,25H,12,14H2,1H3,(H2,24,29)(H2,26,27,28). The summed E-state index contributed by atoms with van der Waals surface area (Å²) in [4.78, 5) is 19.4. The number of anilines is 3. The second kappa shape index (κ2) is 8.72. The van der Waals surface area contributed by atoms with Crippen molar-refractivity contribution in [3.8, 4) is 0 Å². The van der Waals surface area contributed by atoms with Gasteiger partial charge in [0.25, 0.3) is 5.91 Å². The van der Waals surface area contributed by atoms with Gasteiger partial charge in [-0.15, -0.1) is 0 Å². The lowest BCUT2D eigenvalue weighted by atomic mass is 10.1. The molecule has 4 rings (SSSR count). The number of nitrogens with two attached hydrogens (primary N) is 1. The molecule has 0 aliphatic carbocycles. The molecular formula is C23H23N5O3S. The van der Waals surface area contributed by atoms with Gasteiger partial charge >= 0.3 is 0 Å². The largest absolute Gasteiger partial charge is 0.380 e. The van der Waals surface area contributed by atoms with Gasteiger partial charge < -0.3 is 21.4 Å². The van der Waals surface area contributed by atoms with Crippen molar-refractivity contribution in [1.82, 2.24) is 9.97 Å². The van der Waals surface area contributed by atoms with Crippen LogP contribution in [0, 0.1) is 0 Å². The van der Waals surface area contributed by atoms with E-state index in [4.69, 9.17) is 5.73 Å². The number of carbonyl (C=O) groups is 1. The average Bonchev–Trinajstić information content (AvgIpc) is 3.22. The lowest BCUT2D eigenvalue weighted by molar-refractivity contribution is 0.100. The third-order valence-corrected chi connectivity index (χ3v) is 5.84. The number of H-pyrrole nitrogens is 1. The van der Waals surface area contributed by atoms with Gasteiger partial charge in [0.2, 0.25) is 0 Å². The first-order valence-electron chi connectivity index (χ1n) is 9.91. The van der Waals surface area contributed by atoms with E-state index in [-0.39, 0.29) is 5.75 Å². The fourth-order valence-electron chi connectivity index (χ4n) is 3.50. The minimum Gasteiger partial charge on any atom is -0.380 e. The van der Waals surface area contributed by atoms with Gasteiger partial charge in [-0.2, -0.15) is 0 Å². The third kappa shape index (κ3) is 5.06. The first kappa shape index (κ1) is 21.4. The van der Waals surface area contributed by atoms with E-state index in [2.05, 4.69) is 20.6 Å². The first-order valence-corrected chi connectivity index (χ1v) is 12.0. The number of hydrogen-bond donors (Lipinski definition) is 4. The molecule has 8 nitrogen and oxygen atoms in total. The van der Waals surface area contributed by atoms with Gasteiger partial charge in [-0.3, -0.25) is 4.79 Å². The molecule has 0 aliphatic rings. The molecule has 2 heterocycles. The van der Waals surface area contributed by atoms with Crippen LogP contribution in [0.25, 0.3) is 10.9 Å². The number of pyridine rings is 1. The van der Waals surface area contributed by atoms with Crippen molar-refractivity contribution in [2.24, 2.45) is 5.73 Å². The molecule has 32 heavy (non-hydrogen) atoms. The molecule has 2 aromatic carbocycles. The number of benzene rings is 2. The molecular weight excluding hydrogens is 426 g/mol. The van der Waals surface area contributed by atoms with Gasteiger partial charge in [-0.05, 0) is 35.4 Å². The summed E-state index contributed by atoms with van der Waals surface area (Å²) in [6.45, 7) is 0.499. The summed E-state index contributed by atoms with van der Waals surface area (Å²) < 4.78 is 22.9. The lowest BCUT2D eigenvalue weighted by Crippen LogP contribution is -2.15. The number of nitrogens with one attached hydrogen (secondary N) is 3. The maximum absolute atomic E-state index is 11.9. The summed E-state index contributed by atoms with van der Waals surface area (Å²) >= 11 is 0. The number of hydrogen-bond acceptors (Lipinski definition) is 6. The molecule has 0 spiro atoms. The number of rotatable bonds is 8. The van der Waals surface area contributed by atoms with Crippen molar-refractivity contribution in [2.45, 2.75) is 12.3 Å². The van der Waals surface area contributed by atoms with Crippen LogP contribution in [0.2, 0.25) is 0 Å². The molecule has 0 saturated heterocycles. The number of amides is 1. The SMILES string of the molecule is CS(=O)(=O)Cc1ccc(Nc2cc(NCc3cccc4[nH]ccc34)c(C(N)=O)cn2)cc1. The Morgan fingerprint density at radius 1 is 1.12 bits per heavy atom. The van der Waals surface area contributed by atoms with E-state index in [0.717, 1.165) is 22.2 Å². The predicted octanol–water partition coefficient (Wildman–Crippen LogP) is 3.56. The van der Waals surface area contributed by atoms with Crippen LogP contribution in [0.5, 0.6) is 0 Å². The molecule has 0 radical (unpaired) electrons. The smallest absolute Gasteiger partial charge is 0.252 e. The highest BCUT2D eigenvalue weighted by Crippen LogP contribution is 2.24. The number of nitrogens with zero attached hydrogens (tertiary/aromatic N) is 1. The Balaban J connectivity index is 1.54. The minimum absolute atomic E-state index is 0.0131. The molecule has 9 heteroatoms. The zero-order valence-electron chi connectivity index (χ0n) is 17.4. The molecule has 0 saturated carbocycles. The molecule has 0 unspecified atom stereocenters. The van der Waals surface area contributed by atoms with Gasteiger partial charge in [0, 0.05) is 47.9 Å². The molecule has 164 valence electrons. The van der Waals surface area contributed by atoms with Crippen LogP contribution in [-0.4, -0.2) is 30.5 Å². The van der Waals surface area contributed by atoms with Crippen molar-refractivity contribution in [1.29, 1.82) is 0 Å². The van der Waals surface area contributed by atoms with Gasteiger partial charge in [-0.1, -0.05) is 24.3 Å². The summed E-state index contributed by atoms with van der Waals surface area (Å²) in [5, 5.41) is 7.56. The van der Waals surface area contributed by atoms with Crippen LogP contribution in [0.15, 0.2) is 67.0 Å². The highest BCUT2D eigenvalue weighted by atomic mass is 32.2. The number of carbonyl (C=O) groups excluding carboxylic acids is 1. The van der Waals surface area contributed by atoms with E-state index >= 15 is 0 Å². The second-order valence-corrected chi connectivity index (χ2v) is 9.72. The normalized spacial score (nSPS) is 11.4. The fourth-order valence-corrected chi connectivity index (χ4v) is 4.29. The quantitative estimate of drug-likeness (QED) is 0.325. The van der Waals surface area contributed by atoms with Crippen LogP contribution in [0.4, 0.5) is 17.2 Å². The summed E-state index contributed by atoms with van der Waals surface area (Å²) in [5.74, 6) is -0.0643. The van der Waals surface area contributed by atoms with Crippen LogP contribution >= 0.6 is 0 Å². The molecule has 4 aromatic rings. The number of aromatic amines is 1. The monoisotopic (exact) mass is 449 g/mol. The van der Waals surface area contributed by atoms with E-state index in [1.165, 1.54) is 12.5 Å². The fraction of sp³-hybridized carbons (Fsp3) is 0.130. The molecule has 2 aromatic heterocycles. The molecule has 0 aliphatic heterocycles.